The number of hydrogen-bond donors (Lipinski definition) is 3. The molecule has 1 unspecified atom stereocenters. The highest BCUT2D eigenvalue weighted by Gasteiger charge is 2.62. The number of amides is 5. The average molecular weight is 801 g/mol. The van der Waals surface area contributed by atoms with E-state index in [-0.39, 0.29) is 25.4 Å². The van der Waals surface area contributed by atoms with Gasteiger partial charge in [0, 0.05) is 48.5 Å². The minimum Gasteiger partial charge on any atom is -0.497 e. The van der Waals surface area contributed by atoms with Crippen LogP contribution in [0.3, 0.4) is 0 Å². The van der Waals surface area contributed by atoms with Crippen molar-refractivity contribution < 1.29 is 37.1 Å². The molecule has 14 nitrogen and oxygen atoms in total. The number of hydrogen-bond acceptors (Lipinski definition) is 9. The topological polar surface area (TPSA) is 176 Å². The summed E-state index contributed by atoms with van der Waals surface area (Å²) in [6.45, 7) is 10.5. The Morgan fingerprint density at radius 1 is 1.02 bits per heavy atom. The lowest BCUT2D eigenvalue weighted by molar-refractivity contribution is -0.142. The zero-order valence-corrected chi connectivity index (χ0v) is 33.8. The lowest BCUT2D eigenvalue weighted by Gasteiger charge is -2.37. The van der Waals surface area contributed by atoms with Gasteiger partial charge >= 0.3 is 6.03 Å². The van der Waals surface area contributed by atoms with E-state index in [1.807, 2.05) is 69.3 Å². The molecule has 1 aromatic heterocycles. The van der Waals surface area contributed by atoms with Crippen molar-refractivity contribution in [2.45, 2.75) is 94.7 Å². The van der Waals surface area contributed by atoms with E-state index in [0.717, 1.165) is 24.8 Å². The van der Waals surface area contributed by atoms with E-state index in [9.17, 15) is 27.6 Å². The number of carbonyl (C=O) groups excluding carboxylic acids is 4. The van der Waals surface area contributed by atoms with Crippen molar-refractivity contribution in [3.05, 3.63) is 67.3 Å². The maximum atomic E-state index is 14.8. The van der Waals surface area contributed by atoms with Crippen molar-refractivity contribution >= 4 is 44.7 Å². The van der Waals surface area contributed by atoms with Gasteiger partial charge in [0.05, 0.1) is 30.1 Å². The van der Waals surface area contributed by atoms with Gasteiger partial charge in [-0.25, -0.2) is 18.2 Å². The van der Waals surface area contributed by atoms with Crippen LogP contribution in [0.1, 0.15) is 65.7 Å². The minimum atomic E-state index is -3.91. The van der Waals surface area contributed by atoms with Gasteiger partial charge in [-0.1, -0.05) is 57.2 Å². The standard InChI is InChI=1S/C42H52N6O8S/c1-6-27-24-42(27,39(51)46-57(53,54)30-16-17-30)45-37(49)34-22-29(25-48(34)38(50)36(41(2,3)4)44-40(52)47-19-11-8-12-20-47)56-35-23-32(26-13-9-7-10-14-26)43-33-21-28(55-5)15-18-31(33)35/h6-7,9-10,13-15,18,21,23,27,29-30,34,36H,1,8,11-12,16-17,19-20,22,24-25H2,2-5H3,(H,44,52)(H,45,49)(H,46,51)/t27?,29-,34+,36-,42-/m1/s1. The van der Waals surface area contributed by atoms with E-state index in [1.54, 1.807) is 18.1 Å². The third kappa shape index (κ3) is 8.44. The first-order valence-corrected chi connectivity index (χ1v) is 21.3. The van der Waals surface area contributed by atoms with Crippen LogP contribution in [0.25, 0.3) is 22.2 Å². The third-order valence-electron chi connectivity index (χ3n) is 11.5. The summed E-state index contributed by atoms with van der Waals surface area (Å²) in [5.74, 6) is -1.36. The maximum Gasteiger partial charge on any atom is 0.318 e. The van der Waals surface area contributed by atoms with Crippen LogP contribution >= 0.6 is 0 Å². The van der Waals surface area contributed by atoms with Crippen LogP contribution < -0.4 is 24.8 Å². The number of urea groups is 1. The molecular weight excluding hydrogens is 749 g/mol. The van der Waals surface area contributed by atoms with Crippen LogP contribution in [0.2, 0.25) is 0 Å². The molecule has 4 aliphatic rings. The lowest BCUT2D eigenvalue weighted by atomic mass is 9.85. The van der Waals surface area contributed by atoms with E-state index in [1.165, 1.54) is 11.0 Å². The van der Waals surface area contributed by atoms with E-state index < -0.39 is 68.1 Å². The van der Waals surface area contributed by atoms with Gasteiger partial charge in [-0.2, -0.15) is 0 Å². The average Bonchev–Trinajstić information content (AvgIpc) is 4.13. The molecule has 3 heterocycles. The number of piperidine rings is 1. The SMILES string of the molecule is C=CC1C[C@]1(NC(=O)[C@@H]1C[C@@H](Oc2cc(-c3ccccc3)nc3cc(OC)ccc23)CN1C(=O)[C@@H](NC(=O)N1CCCCC1)C(C)(C)C)C(=O)NS(=O)(=O)C1CC1. The molecule has 0 radical (unpaired) electrons. The number of pyridine rings is 1. The molecule has 57 heavy (non-hydrogen) atoms. The number of ether oxygens (including phenoxy) is 2. The van der Waals surface area contributed by atoms with Crippen LogP contribution in [0.5, 0.6) is 11.5 Å². The predicted octanol–water partition coefficient (Wildman–Crippen LogP) is 4.54. The van der Waals surface area contributed by atoms with Crippen molar-refractivity contribution in [3.8, 4) is 22.8 Å². The fraction of sp³-hybridized carbons (Fsp3) is 0.500. The normalized spacial score (nSPS) is 24.0. The molecular formula is C42H52N6O8S. The number of sulfonamides is 1. The fourth-order valence-corrected chi connectivity index (χ4v) is 9.22. The molecule has 2 aromatic carbocycles. The van der Waals surface area contributed by atoms with E-state index in [2.05, 4.69) is 21.9 Å². The number of methoxy groups -OCH3 is 1. The monoisotopic (exact) mass is 800 g/mol. The maximum absolute atomic E-state index is 14.8. The minimum absolute atomic E-state index is 0.0101. The summed E-state index contributed by atoms with van der Waals surface area (Å²) in [4.78, 5) is 64.5. The zero-order chi connectivity index (χ0) is 40.7. The summed E-state index contributed by atoms with van der Waals surface area (Å²) in [6.07, 6.45) is 4.73. The van der Waals surface area contributed by atoms with Gasteiger partial charge in [0.1, 0.15) is 35.2 Å². The summed E-state index contributed by atoms with van der Waals surface area (Å²) in [7, 11) is -2.33. The van der Waals surface area contributed by atoms with Crippen LogP contribution in [-0.4, -0.2) is 103 Å². The van der Waals surface area contributed by atoms with Crippen LogP contribution in [0.4, 0.5) is 4.79 Å². The Morgan fingerprint density at radius 2 is 1.74 bits per heavy atom. The molecule has 5 amide bonds. The molecule has 7 rings (SSSR count). The highest BCUT2D eigenvalue weighted by molar-refractivity contribution is 7.91. The Labute approximate surface area is 333 Å². The number of rotatable bonds is 12. The van der Waals surface area contributed by atoms with Gasteiger partial charge in [-0.05, 0) is 56.1 Å². The number of carbonyl (C=O) groups is 4. The van der Waals surface area contributed by atoms with Gasteiger partial charge in [0.15, 0.2) is 0 Å². The molecule has 15 heteroatoms. The molecule has 3 N–H and O–H groups in total. The number of nitrogens with one attached hydrogen (secondary N) is 3. The van der Waals surface area contributed by atoms with Gasteiger partial charge in [-0.15, -0.1) is 6.58 Å². The molecule has 0 spiro atoms. The van der Waals surface area contributed by atoms with Crippen molar-refractivity contribution in [2.75, 3.05) is 26.7 Å². The van der Waals surface area contributed by atoms with Gasteiger partial charge in [0.25, 0.3) is 5.91 Å². The summed E-state index contributed by atoms with van der Waals surface area (Å²) in [5, 5.41) is 5.89. The van der Waals surface area contributed by atoms with Crippen LogP contribution in [-0.2, 0) is 24.4 Å². The fourth-order valence-electron chi connectivity index (χ4n) is 7.86. The second-order valence-electron chi connectivity index (χ2n) is 16.7. The Balaban J connectivity index is 1.21. The van der Waals surface area contributed by atoms with Gasteiger partial charge in [0.2, 0.25) is 21.8 Å². The summed E-state index contributed by atoms with van der Waals surface area (Å²) in [6, 6.07) is 14.4. The molecule has 4 fully saturated rings. The van der Waals surface area contributed by atoms with E-state index in [4.69, 9.17) is 14.5 Å². The highest BCUT2D eigenvalue weighted by Crippen LogP contribution is 2.46. The van der Waals surface area contributed by atoms with Crippen molar-refractivity contribution in [1.29, 1.82) is 0 Å². The molecule has 2 saturated carbocycles. The molecule has 3 aromatic rings. The van der Waals surface area contributed by atoms with Crippen LogP contribution in [0, 0.1) is 11.3 Å². The smallest absolute Gasteiger partial charge is 0.318 e. The first-order valence-electron chi connectivity index (χ1n) is 19.7. The number of likely N-dealkylation sites (tertiary alicyclic amines) is 2. The van der Waals surface area contributed by atoms with Crippen molar-refractivity contribution in [1.82, 2.24) is 30.1 Å². The Morgan fingerprint density at radius 3 is 2.37 bits per heavy atom. The number of aromatic nitrogens is 1. The summed E-state index contributed by atoms with van der Waals surface area (Å²) in [5.41, 5.74) is -0.171. The number of nitrogens with zero attached hydrogens (tertiary/aromatic N) is 3. The predicted molar refractivity (Wildman–Crippen MR) is 215 cm³/mol. The largest absolute Gasteiger partial charge is 0.497 e. The Kier molecular flexibility index (Phi) is 11.0. The van der Waals surface area contributed by atoms with Gasteiger partial charge in [-0.3, -0.25) is 19.1 Å². The van der Waals surface area contributed by atoms with E-state index >= 15 is 0 Å². The van der Waals surface area contributed by atoms with Crippen LogP contribution in [0.15, 0.2) is 67.3 Å². The van der Waals surface area contributed by atoms with Crippen molar-refractivity contribution in [2.24, 2.45) is 11.3 Å². The summed E-state index contributed by atoms with van der Waals surface area (Å²) >= 11 is 0. The highest BCUT2D eigenvalue weighted by atomic mass is 32.2. The molecule has 5 atom stereocenters. The molecule has 2 saturated heterocycles. The number of benzene rings is 2. The first-order chi connectivity index (χ1) is 27.1. The zero-order valence-electron chi connectivity index (χ0n) is 33.0. The molecule has 2 aliphatic heterocycles. The second kappa shape index (κ2) is 15.6. The lowest BCUT2D eigenvalue weighted by Crippen LogP contribution is -2.61. The Bertz CT molecular complexity index is 2170. The molecule has 2 aliphatic carbocycles. The molecule has 304 valence electrons. The number of fused-ring (bicyclic) bond motifs is 1. The van der Waals surface area contributed by atoms with Gasteiger partial charge < -0.3 is 29.9 Å². The summed E-state index contributed by atoms with van der Waals surface area (Å²) < 4.78 is 40.0. The van der Waals surface area contributed by atoms with Crippen molar-refractivity contribution in [3.63, 3.8) is 0 Å². The quantitative estimate of drug-likeness (QED) is 0.222. The third-order valence-corrected chi connectivity index (χ3v) is 13.3. The first kappa shape index (κ1) is 40.0. The second-order valence-corrected chi connectivity index (χ2v) is 18.7. The Hall–Kier alpha value is -5.18. The van der Waals surface area contributed by atoms with E-state index in [0.29, 0.717) is 54.0 Å². The molecule has 0 bridgehead atoms.